The molecule has 0 aromatic carbocycles. The molecule has 88 valence electrons. The van der Waals surface area contributed by atoms with E-state index in [4.69, 9.17) is 10.2 Å². The van der Waals surface area contributed by atoms with Gasteiger partial charge >= 0.3 is 0 Å². The van der Waals surface area contributed by atoms with Gasteiger partial charge in [-0.1, -0.05) is 17.8 Å². The maximum atomic E-state index is 10.9. The molecule has 2 rings (SSSR count). The molecular weight excluding hydrogens is 240 g/mol. The second-order valence-corrected chi connectivity index (χ2v) is 4.54. The summed E-state index contributed by atoms with van der Waals surface area (Å²) in [6, 6.07) is 5.38. The zero-order valence-corrected chi connectivity index (χ0v) is 9.85. The largest absolute Gasteiger partial charge is 0.410 e. The van der Waals surface area contributed by atoms with Gasteiger partial charge in [0, 0.05) is 6.20 Å². The number of pyridine rings is 1. The molecule has 1 amide bonds. The molecule has 0 fully saturated rings. The van der Waals surface area contributed by atoms with Gasteiger partial charge in [-0.05, 0) is 19.1 Å². The van der Waals surface area contributed by atoms with E-state index in [1.54, 1.807) is 25.3 Å². The second-order valence-electron chi connectivity index (χ2n) is 3.25. The summed E-state index contributed by atoms with van der Waals surface area (Å²) in [5.41, 5.74) is 5.74. The Kier molecular flexibility index (Phi) is 3.38. The predicted octanol–water partition coefficient (Wildman–Crippen LogP) is 1.10. The highest BCUT2D eigenvalue weighted by Crippen LogP contribution is 2.24. The molecular formula is C10H10N4O2S. The lowest BCUT2D eigenvalue weighted by molar-refractivity contribution is -0.117. The lowest BCUT2D eigenvalue weighted by atomic mass is 10.3. The van der Waals surface area contributed by atoms with E-state index >= 15 is 0 Å². The van der Waals surface area contributed by atoms with E-state index in [1.165, 1.54) is 0 Å². The Morgan fingerprint density at radius 3 is 2.94 bits per heavy atom. The van der Waals surface area contributed by atoms with Crippen LogP contribution in [0.2, 0.25) is 0 Å². The number of aromatic nitrogens is 3. The van der Waals surface area contributed by atoms with Gasteiger partial charge in [0.15, 0.2) is 0 Å². The van der Waals surface area contributed by atoms with Crippen molar-refractivity contribution in [3.05, 3.63) is 24.4 Å². The Morgan fingerprint density at radius 1 is 1.47 bits per heavy atom. The van der Waals surface area contributed by atoms with Gasteiger partial charge in [0.25, 0.3) is 11.1 Å². The molecule has 2 N–H and O–H groups in total. The number of nitrogens with zero attached hydrogens (tertiary/aromatic N) is 3. The van der Waals surface area contributed by atoms with Crippen molar-refractivity contribution >= 4 is 17.7 Å². The molecule has 0 unspecified atom stereocenters. The zero-order valence-electron chi connectivity index (χ0n) is 9.03. The fourth-order valence-electron chi connectivity index (χ4n) is 1.06. The highest BCUT2D eigenvalue weighted by Gasteiger charge is 2.16. The van der Waals surface area contributed by atoms with Gasteiger partial charge in [-0.25, -0.2) is 0 Å². The summed E-state index contributed by atoms with van der Waals surface area (Å²) in [6.45, 7) is 1.68. The van der Waals surface area contributed by atoms with Crippen molar-refractivity contribution in [2.24, 2.45) is 5.73 Å². The quantitative estimate of drug-likeness (QED) is 0.816. The summed E-state index contributed by atoms with van der Waals surface area (Å²) in [5.74, 6) is -0.0997. The van der Waals surface area contributed by atoms with Crippen molar-refractivity contribution in [1.29, 1.82) is 0 Å². The van der Waals surface area contributed by atoms with Gasteiger partial charge in [0.1, 0.15) is 5.69 Å². The molecule has 0 aliphatic rings. The van der Waals surface area contributed by atoms with E-state index in [-0.39, 0.29) is 0 Å². The molecule has 1 atom stereocenters. The van der Waals surface area contributed by atoms with Crippen molar-refractivity contribution in [3.63, 3.8) is 0 Å². The first-order chi connectivity index (χ1) is 8.16. The molecule has 2 heterocycles. The van der Waals surface area contributed by atoms with Crippen molar-refractivity contribution in [1.82, 2.24) is 15.2 Å². The summed E-state index contributed by atoms with van der Waals surface area (Å²) >= 11 is 1.12. The first-order valence-corrected chi connectivity index (χ1v) is 5.75. The van der Waals surface area contributed by atoms with Crippen LogP contribution in [0, 0.1) is 0 Å². The summed E-state index contributed by atoms with van der Waals surface area (Å²) in [4.78, 5) is 15.0. The van der Waals surface area contributed by atoms with Crippen LogP contribution in [0.1, 0.15) is 6.92 Å². The van der Waals surface area contributed by atoms with Gasteiger partial charge in [0.2, 0.25) is 5.91 Å². The molecule has 0 radical (unpaired) electrons. The van der Waals surface area contributed by atoms with Crippen molar-refractivity contribution < 1.29 is 9.21 Å². The molecule has 0 aliphatic carbocycles. The summed E-state index contributed by atoms with van der Waals surface area (Å²) in [7, 11) is 0. The Labute approximate surface area is 102 Å². The van der Waals surface area contributed by atoms with Crippen LogP contribution in [-0.2, 0) is 4.79 Å². The third-order valence-corrected chi connectivity index (χ3v) is 2.92. The lowest BCUT2D eigenvalue weighted by Crippen LogP contribution is -2.22. The summed E-state index contributed by atoms with van der Waals surface area (Å²) < 4.78 is 5.36. The maximum Gasteiger partial charge on any atom is 0.277 e. The van der Waals surface area contributed by atoms with Gasteiger partial charge < -0.3 is 10.2 Å². The predicted molar refractivity (Wildman–Crippen MR) is 62.0 cm³/mol. The van der Waals surface area contributed by atoms with Crippen LogP contribution in [0.4, 0.5) is 0 Å². The van der Waals surface area contributed by atoms with E-state index in [0.717, 1.165) is 11.8 Å². The number of amides is 1. The maximum absolute atomic E-state index is 10.9. The molecule has 6 nitrogen and oxygen atoms in total. The normalized spacial score (nSPS) is 12.3. The Bertz CT molecular complexity index is 514. The Balaban J connectivity index is 2.14. The minimum Gasteiger partial charge on any atom is -0.410 e. The Hall–Kier alpha value is -1.89. The smallest absolute Gasteiger partial charge is 0.277 e. The average Bonchev–Trinajstić information content (AvgIpc) is 2.78. The average molecular weight is 250 g/mol. The van der Waals surface area contributed by atoms with Crippen LogP contribution in [0.3, 0.4) is 0 Å². The lowest BCUT2D eigenvalue weighted by Gasteiger charge is -2.00. The molecule has 0 bridgehead atoms. The number of carbonyl (C=O) groups excluding carboxylic acids is 1. The van der Waals surface area contributed by atoms with Crippen LogP contribution in [0.5, 0.6) is 0 Å². The minimum atomic E-state index is -0.424. The second kappa shape index (κ2) is 4.96. The highest BCUT2D eigenvalue weighted by molar-refractivity contribution is 8.00. The molecule has 2 aromatic rings. The Morgan fingerprint density at radius 2 is 2.29 bits per heavy atom. The summed E-state index contributed by atoms with van der Waals surface area (Å²) in [5, 5.41) is 7.55. The van der Waals surface area contributed by atoms with Crippen molar-refractivity contribution in [3.8, 4) is 11.6 Å². The van der Waals surface area contributed by atoms with E-state index in [9.17, 15) is 4.79 Å². The number of rotatable bonds is 4. The van der Waals surface area contributed by atoms with Crippen LogP contribution >= 0.6 is 11.8 Å². The van der Waals surface area contributed by atoms with Crippen molar-refractivity contribution in [2.75, 3.05) is 0 Å². The van der Waals surface area contributed by atoms with Gasteiger partial charge in [-0.3, -0.25) is 9.78 Å². The van der Waals surface area contributed by atoms with Gasteiger partial charge in [-0.15, -0.1) is 10.2 Å². The fourth-order valence-corrected chi connectivity index (χ4v) is 1.69. The van der Waals surface area contributed by atoms with Gasteiger partial charge in [-0.2, -0.15) is 0 Å². The molecule has 0 saturated carbocycles. The van der Waals surface area contributed by atoms with Crippen LogP contribution in [0.25, 0.3) is 11.6 Å². The van der Waals surface area contributed by atoms with E-state index in [2.05, 4.69) is 15.2 Å². The highest BCUT2D eigenvalue weighted by atomic mass is 32.2. The molecule has 7 heteroatoms. The molecule has 0 spiro atoms. The standard InChI is InChI=1S/C10H10N4O2S/c1-6(8(11)15)17-10-14-13-9(16-10)7-4-2-3-5-12-7/h2-6H,1H3,(H2,11,15)/t6-/m1/s1. The zero-order chi connectivity index (χ0) is 12.3. The van der Waals surface area contributed by atoms with Crippen LogP contribution in [0.15, 0.2) is 34.0 Å². The fraction of sp³-hybridized carbons (Fsp3) is 0.200. The molecule has 0 saturated heterocycles. The monoisotopic (exact) mass is 250 g/mol. The van der Waals surface area contributed by atoms with Crippen LogP contribution < -0.4 is 5.73 Å². The number of hydrogen-bond acceptors (Lipinski definition) is 6. The topological polar surface area (TPSA) is 94.9 Å². The number of hydrogen-bond donors (Lipinski definition) is 1. The first kappa shape index (κ1) is 11.6. The van der Waals surface area contributed by atoms with Crippen molar-refractivity contribution in [2.45, 2.75) is 17.4 Å². The van der Waals surface area contributed by atoms with E-state index < -0.39 is 11.2 Å². The van der Waals surface area contributed by atoms with E-state index in [0.29, 0.717) is 16.8 Å². The minimum absolute atomic E-state index is 0.303. The summed E-state index contributed by atoms with van der Waals surface area (Å²) in [6.07, 6.45) is 1.64. The molecule has 17 heavy (non-hydrogen) atoms. The number of nitrogens with two attached hydrogens (primary N) is 1. The number of thioether (sulfide) groups is 1. The van der Waals surface area contributed by atoms with E-state index in [1.807, 2.05) is 6.07 Å². The van der Waals surface area contributed by atoms with Crippen LogP contribution in [-0.4, -0.2) is 26.3 Å². The SMILES string of the molecule is C[C@@H](Sc1nnc(-c2ccccn2)o1)C(N)=O. The third kappa shape index (κ3) is 2.82. The number of carbonyl (C=O) groups is 1. The molecule has 2 aromatic heterocycles. The van der Waals surface area contributed by atoms with Gasteiger partial charge in [0.05, 0.1) is 5.25 Å². The third-order valence-electron chi connectivity index (χ3n) is 1.97. The first-order valence-electron chi connectivity index (χ1n) is 4.87. The number of primary amides is 1. The molecule has 0 aliphatic heterocycles.